The number of benzene rings is 2. The maximum atomic E-state index is 12.7. The lowest BCUT2D eigenvalue weighted by Gasteiger charge is -2.08. The Morgan fingerprint density at radius 3 is 1.36 bits per heavy atom. The second kappa shape index (κ2) is 8.96. The number of alkyl halides is 6. The van der Waals surface area contributed by atoms with Crippen molar-refractivity contribution < 1.29 is 26.3 Å². The van der Waals surface area contributed by atoms with Gasteiger partial charge in [-0.25, -0.2) is 0 Å². The Morgan fingerprint density at radius 1 is 0.679 bits per heavy atom. The second-order valence-corrected chi connectivity index (χ2v) is 6.35. The van der Waals surface area contributed by atoms with Crippen LogP contribution in [0.25, 0.3) is 0 Å². The van der Waals surface area contributed by atoms with E-state index in [0.717, 1.165) is 36.4 Å². The summed E-state index contributed by atoms with van der Waals surface area (Å²) in [5, 5.41) is 0.215. The van der Waals surface area contributed by atoms with E-state index in [-0.39, 0.29) is 34.3 Å². The molecule has 0 aromatic heterocycles. The molecule has 0 saturated heterocycles. The molecule has 0 unspecified atom stereocenters. The largest absolute Gasteiger partial charge is 0.416 e. The van der Waals surface area contributed by atoms with E-state index in [2.05, 4.69) is 9.98 Å². The average molecular weight is 441 g/mol. The van der Waals surface area contributed by atoms with Gasteiger partial charge in [0.05, 0.1) is 24.2 Å². The summed E-state index contributed by atoms with van der Waals surface area (Å²) in [6, 6.07) is 5.72. The molecule has 2 aromatic carbocycles. The summed E-state index contributed by atoms with van der Waals surface area (Å²) in [7, 11) is 0. The first-order valence-corrected chi connectivity index (χ1v) is 8.47. The number of nitrogens with zero attached hydrogens (tertiary/aromatic N) is 2. The van der Waals surface area contributed by atoms with Gasteiger partial charge in [0.15, 0.2) is 0 Å². The van der Waals surface area contributed by atoms with Crippen LogP contribution in [0.4, 0.5) is 26.3 Å². The Kier molecular flexibility index (Phi) is 7.11. The van der Waals surface area contributed by atoms with Crippen LogP contribution in [0.5, 0.6) is 0 Å². The zero-order valence-electron chi connectivity index (χ0n) is 14.0. The smallest absolute Gasteiger partial charge is 0.291 e. The third kappa shape index (κ3) is 6.24. The molecular weight excluding hydrogens is 429 g/mol. The Hall–Kier alpha value is -2.06. The van der Waals surface area contributed by atoms with Crippen LogP contribution < -0.4 is 0 Å². The van der Waals surface area contributed by atoms with Crippen LogP contribution in [0, 0.1) is 0 Å². The molecule has 0 heterocycles. The Bertz CT molecular complexity index is 815. The fourth-order valence-electron chi connectivity index (χ4n) is 2.08. The highest BCUT2D eigenvalue weighted by Crippen LogP contribution is 2.32. The van der Waals surface area contributed by atoms with Gasteiger partial charge in [-0.2, -0.15) is 26.3 Å². The molecule has 28 heavy (non-hydrogen) atoms. The molecular formula is C18H12Cl2F6N2. The SMILES string of the molecule is FC(F)(F)c1ccc(Cl)c(C=NCCN=Cc2cc(C(F)(F)F)ccc2Cl)c1. The van der Waals surface area contributed by atoms with Crippen LogP contribution in [0.15, 0.2) is 46.4 Å². The van der Waals surface area contributed by atoms with Crippen molar-refractivity contribution in [2.75, 3.05) is 13.1 Å². The Labute approximate surface area is 166 Å². The molecule has 0 bridgehead atoms. The van der Waals surface area contributed by atoms with Crippen LogP contribution >= 0.6 is 23.2 Å². The summed E-state index contributed by atoms with van der Waals surface area (Å²) >= 11 is 11.7. The summed E-state index contributed by atoms with van der Waals surface area (Å²) in [6.45, 7) is 0.194. The van der Waals surface area contributed by atoms with Crippen LogP contribution in [0.2, 0.25) is 10.0 Å². The van der Waals surface area contributed by atoms with Crippen molar-refractivity contribution in [3.8, 4) is 0 Å². The monoisotopic (exact) mass is 440 g/mol. The van der Waals surface area contributed by atoms with Gasteiger partial charge in [0, 0.05) is 33.6 Å². The topological polar surface area (TPSA) is 24.7 Å². The van der Waals surface area contributed by atoms with Crippen molar-refractivity contribution in [2.24, 2.45) is 9.98 Å². The van der Waals surface area contributed by atoms with E-state index in [1.807, 2.05) is 0 Å². The maximum Gasteiger partial charge on any atom is 0.416 e. The molecule has 2 rings (SSSR count). The molecule has 0 saturated carbocycles. The molecule has 0 aliphatic heterocycles. The molecule has 0 aliphatic rings. The first kappa shape index (κ1) is 22.2. The number of halogens is 8. The normalized spacial score (nSPS) is 13.0. The van der Waals surface area contributed by atoms with Crippen LogP contribution in [-0.4, -0.2) is 25.5 Å². The van der Waals surface area contributed by atoms with E-state index >= 15 is 0 Å². The van der Waals surface area contributed by atoms with Gasteiger partial charge in [0.2, 0.25) is 0 Å². The van der Waals surface area contributed by atoms with Gasteiger partial charge in [0.1, 0.15) is 0 Å². The van der Waals surface area contributed by atoms with Crippen molar-refractivity contribution in [3.63, 3.8) is 0 Å². The molecule has 0 radical (unpaired) electrons. The summed E-state index contributed by atoms with van der Waals surface area (Å²) in [6.07, 6.45) is -6.63. The highest BCUT2D eigenvalue weighted by molar-refractivity contribution is 6.33. The predicted octanol–water partition coefficient (Wildman–Crippen LogP) is 6.57. The van der Waals surface area contributed by atoms with Crippen LogP contribution in [-0.2, 0) is 12.4 Å². The van der Waals surface area contributed by atoms with E-state index < -0.39 is 23.5 Å². The predicted molar refractivity (Wildman–Crippen MR) is 97.8 cm³/mol. The summed E-state index contributed by atoms with van der Waals surface area (Å²) in [5.41, 5.74) is -1.51. The lowest BCUT2D eigenvalue weighted by molar-refractivity contribution is -0.138. The van der Waals surface area contributed by atoms with E-state index in [1.54, 1.807) is 0 Å². The van der Waals surface area contributed by atoms with E-state index in [9.17, 15) is 26.3 Å². The van der Waals surface area contributed by atoms with Gasteiger partial charge in [-0.3, -0.25) is 9.98 Å². The molecule has 0 atom stereocenters. The molecule has 0 spiro atoms. The van der Waals surface area contributed by atoms with Gasteiger partial charge in [-0.1, -0.05) is 23.2 Å². The number of aliphatic imine (C=N–C) groups is 2. The van der Waals surface area contributed by atoms with Gasteiger partial charge in [0.25, 0.3) is 0 Å². The van der Waals surface area contributed by atoms with Crippen LogP contribution in [0.1, 0.15) is 22.3 Å². The second-order valence-electron chi connectivity index (χ2n) is 5.54. The Morgan fingerprint density at radius 2 is 1.04 bits per heavy atom. The maximum absolute atomic E-state index is 12.7. The summed E-state index contributed by atoms with van der Waals surface area (Å²) in [4.78, 5) is 7.87. The molecule has 0 N–H and O–H groups in total. The molecule has 0 fully saturated rings. The molecule has 10 heteroatoms. The van der Waals surface area contributed by atoms with E-state index in [0.29, 0.717) is 0 Å². The lowest BCUT2D eigenvalue weighted by Crippen LogP contribution is -2.05. The van der Waals surface area contributed by atoms with Gasteiger partial charge in [-0.15, -0.1) is 0 Å². The molecule has 0 amide bonds. The number of hydrogen-bond donors (Lipinski definition) is 0. The molecule has 2 aromatic rings. The van der Waals surface area contributed by atoms with E-state index in [1.165, 1.54) is 12.4 Å². The highest BCUT2D eigenvalue weighted by atomic mass is 35.5. The van der Waals surface area contributed by atoms with Gasteiger partial charge >= 0.3 is 12.4 Å². The van der Waals surface area contributed by atoms with Crippen molar-refractivity contribution in [1.29, 1.82) is 0 Å². The number of rotatable bonds is 5. The minimum Gasteiger partial charge on any atom is -0.291 e. The quantitative estimate of drug-likeness (QED) is 0.285. The molecule has 2 nitrogen and oxygen atoms in total. The van der Waals surface area contributed by atoms with Crippen molar-refractivity contribution in [2.45, 2.75) is 12.4 Å². The fraction of sp³-hybridized carbons (Fsp3) is 0.222. The Balaban J connectivity index is 2.00. The molecule has 150 valence electrons. The first-order chi connectivity index (χ1) is 13.0. The van der Waals surface area contributed by atoms with Crippen molar-refractivity contribution in [1.82, 2.24) is 0 Å². The van der Waals surface area contributed by atoms with Crippen molar-refractivity contribution >= 4 is 35.6 Å². The third-order valence-electron chi connectivity index (χ3n) is 3.47. The standard InChI is InChI=1S/C18H12Cl2F6N2/c19-15-3-1-13(17(21,22)23)7-11(15)9-27-5-6-28-10-12-8-14(18(24,25)26)2-4-16(12)20/h1-4,7-10H,5-6H2. The minimum atomic E-state index is -4.50. The first-order valence-electron chi connectivity index (χ1n) is 7.71. The summed E-state index contributed by atoms with van der Waals surface area (Å²) < 4.78 is 76.2. The average Bonchev–Trinajstić information content (AvgIpc) is 2.58. The van der Waals surface area contributed by atoms with E-state index in [4.69, 9.17) is 23.2 Å². The zero-order chi connectivity index (χ0) is 20.9. The summed E-state index contributed by atoms with van der Waals surface area (Å²) in [5.74, 6) is 0. The fourth-order valence-corrected chi connectivity index (χ4v) is 2.41. The highest BCUT2D eigenvalue weighted by Gasteiger charge is 2.31. The number of hydrogen-bond acceptors (Lipinski definition) is 2. The van der Waals surface area contributed by atoms with Crippen LogP contribution in [0.3, 0.4) is 0 Å². The van der Waals surface area contributed by atoms with Gasteiger partial charge in [-0.05, 0) is 36.4 Å². The van der Waals surface area contributed by atoms with Crippen molar-refractivity contribution in [3.05, 3.63) is 68.7 Å². The van der Waals surface area contributed by atoms with Gasteiger partial charge < -0.3 is 0 Å². The lowest BCUT2D eigenvalue weighted by atomic mass is 10.1. The third-order valence-corrected chi connectivity index (χ3v) is 4.15. The molecule has 0 aliphatic carbocycles. The zero-order valence-corrected chi connectivity index (χ0v) is 15.5. The minimum absolute atomic E-state index is 0.0969.